The number of guanidine groups is 1. The van der Waals surface area contributed by atoms with Gasteiger partial charge in [0.2, 0.25) is 0 Å². The van der Waals surface area contributed by atoms with Crippen LogP contribution in [0, 0.1) is 6.92 Å². The van der Waals surface area contributed by atoms with Gasteiger partial charge in [-0.05, 0) is 24.6 Å². The first-order valence-electron chi connectivity index (χ1n) is 3.95. The van der Waals surface area contributed by atoms with E-state index in [1.54, 1.807) is 19.1 Å². The number of benzene rings is 1. The zero-order chi connectivity index (χ0) is 10.7. The van der Waals surface area contributed by atoms with Crippen molar-refractivity contribution >= 4 is 17.6 Å². The summed E-state index contributed by atoms with van der Waals surface area (Å²) in [7, 11) is 0. The highest BCUT2D eigenvalue weighted by Gasteiger charge is 2.09. The summed E-state index contributed by atoms with van der Waals surface area (Å²) in [5.74, 6) is -1.08. The van der Waals surface area contributed by atoms with Gasteiger partial charge in [-0.2, -0.15) is 0 Å². The summed E-state index contributed by atoms with van der Waals surface area (Å²) < 4.78 is 0. The van der Waals surface area contributed by atoms with E-state index in [0.29, 0.717) is 11.3 Å². The first-order chi connectivity index (χ1) is 6.52. The van der Waals surface area contributed by atoms with E-state index in [2.05, 4.69) is 4.99 Å². The Morgan fingerprint density at radius 3 is 2.57 bits per heavy atom. The summed E-state index contributed by atoms with van der Waals surface area (Å²) in [6.07, 6.45) is 0. The molecule has 0 fully saturated rings. The van der Waals surface area contributed by atoms with Crippen LogP contribution in [0.5, 0.6) is 0 Å². The molecule has 1 rings (SSSR count). The molecule has 1 aromatic carbocycles. The van der Waals surface area contributed by atoms with Gasteiger partial charge in [-0.15, -0.1) is 0 Å². The number of hydrogen-bond donors (Lipinski definition) is 3. The third-order valence-electron chi connectivity index (χ3n) is 1.79. The van der Waals surface area contributed by atoms with E-state index in [4.69, 9.17) is 16.6 Å². The van der Waals surface area contributed by atoms with Crippen LogP contribution in [0.2, 0.25) is 0 Å². The topological polar surface area (TPSA) is 102 Å². The van der Waals surface area contributed by atoms with Crippen LogP contribution in [0.25, 0.3) is 0 Å². The van der Waals surface area contributed by atoms with E-state index >= 15 is 0 Å². The van der Waals surface area contributed by atoms with E-state index in [1.807, 2.05) is 0 Å². The summed E-state index contributed by atoms with van der Waals surface area (Å²) >= 11 is 0. The third kappa shape index (κ3) is 2.01. The normalized spacial score (nSPS) is 9.50. The van der Waals surface area contributed by atoms with Crippen molar-refractivity contribution < 1.29 is 9.90 Å². The maximum atomic E-state index is 10.7. The number of carboxylic acids is 1. The van der Waals surface area contributed by atoms with Crippen molar-refractivity contribution in [1.29, 1.82) is 0 Å². The van der Waals surface area contributed by atoms with Gasteiger partial charge in [0.25, 0.3) is 0 Å². The predicted molar refractivity (Wildman–Crippen MR) is 53.6 cm³/mol. The molecule has 0 heterocycles. The van der Waals surface area contributed by atoms with Crippen LogP contribution in [0.15, 0.2) is 23.2 Å². The average Bonchev–Trinajstić information content (AvgIpc) is 2.07. The van der Waals surface area contributed by atoms with Crippen molar-refractivity contribution in [3.05, 3.63) is 29.3 Å². The van der Waals surface area contributed by atoms with E-state index in [0.717, 1.165) is 0 Å². The Labute approximate surface area is 81.1 Å². The molecule has 0 unspecified atom stereocenters. The second kappa shape index (κ2) is 3.78. The molecule has 0 radical (unpaired) electrons. The fourth-order valence-corrected chi connectivity index (χ4v) is 1.12. The van der Waals surface area contributed by atoms with Crippen LogP contribution >= 0.6 is 0 Å². The molecule has 0 spiro atoms. The van der Waals surface area contributed by atoms with Gasteiger partial charge >= 0.3 is 5.97 Å². The molecule has 1 aromatic rings. The Hall–Kier alpha value is -2.04. The minimum Gasteiger partial charge on any atom is -0.478 e. The number of nitrogens with two attached hydrogens (primary N) is 2. The maximum Gasteiger partial charge on any atom is 0.336 e. The predicted octanol–water partition coefficient (Wildman–Crippen LogP) is 0.598. The zero-order valence-electron chi connectivity index (χ0n) is 7.69. The summed E-state index contributed by atoms with van der Waals surface area (Å²) in [5.41, 5.74) is 11.6. The molecule has 5 nitrogen and oxygen atoms in total. The van der Waals surface area contributed by atoms with Crippen LogP contribution in [-0.2, 0) is 0 Å². The maximum absolute atomic E-state index is 10.7. The zero-order valence-corrected chi connectivity index (χ0v) is 7.69. The van der Waals surface area contributed by atoms with Crippen LogP contribution in [0.3, 0.4) is 0 Å². The molecular formula is C9H11N3O2. The van der Waals surface area contributed by atoms with E-state index in [9.17, 15) is 4.79 Å². The standard InChI is InChI=1S/C9H11N3O2/c1-5-6(8(13)14)3-2-4-7(5)12-9(10)11/h2-4H,1H3,(H,13,14)(H4,10,11,12). The molecule has 5 N–H and O–H groups in total. The lowest BCUT2D eigenvalue weighted by atomic mass is 10.1. The summed E-state index contributed by atoms with van der Waals surface area (Å²) in [4.78, 5) is 14.6. The molecule has 0 amide bonds. The highest BCUT2D eigenvalue weighted by Crippen LogP contribution is 2.21. The highest BCUT2D eigenvalue weighted by atomic mass is 16.4. The molecular weight excluding hydrogens is 182 g/mol. The Morgan fingerprint density at radius 2 is 2.07 bits per heavy atom. The lowest BCUT2D eigenvalue weighted by Gasteiger charge is -2.03. The number of carbonyl (C=O) groups is 1. The molecule has 0 bridgehead atoms. The van der Waals surface area contributed by atoms with Crippen molar-refractivity contribution in [2.24, 2.45) is 16.5 Å². The van der Waals surface area contributed by atoms with Crippen molar-refractivity contribution in [3.63, 3.8) is 0 Å². The Balaban J connectivity index is 3.28. The third-order valence-corrected chi connectivity index (χ3v) is 1.79. The number of aliphatic imine (C=N–C) groups is 1. The smallest absolute Gasteiger partial charge is 0.336 e. The summed E-state index contributed by atoms with van der Waals surface area (Å²) in [5, 5.41) is 8.81. The van der Waals surface area contributed by atoms with Gasteiger partial charge in [-0.3, -0.25) is 0 Å². The van der Waals surface area contributed by atoms with Crippen LogP contribution in [0.1, 0.15) is 15.9 Å². The average molecular weight is 193 g/mol. The number of rotatable bonds is 2. The molecule has 0 aliphatic heterocycles. The Morgan fingerprint density at radius 1 is 1.43 bits per heavy atom. The molecule has 0 saturated heterocycles. The van der Waals surface area contributed by atoms with Crippen molar-refractivity contribution in [3.8, 4) is 0 Å². The number of hydrogen-bond acceptors (Lipinski definition) is 2. The van der Waals surface area contributed by atoms with Gasteiger partial charge in [-0.1, -0.05) is 6.07 Å². The number of nitrogens with zero attached hydrogens (tertiary/aromatic N) is 1. The molecule has 74 valence electrons. The molecule has 0 aromatic heterocycles. The van der Waals surface area contributed by atoms with Crippen LogP contribution < -0.4 is 11.5 Å². The Kier molecular flexibility index (Phi) is 2.71. The van der Waals surface area contributed by atoms with E-state index in [1.165, 1.54) is 6.07 Å². The minimum atomic E-state index is -0.991. The van der Waals surface area contributed by atoms with Crippen molar-refractivity contribution in [2.75, 3.05) is 0 Å². The lowest BCUT2D eigenvalue weighted by molar-refractivity contribution is 0.0696. The quantitative estimate of drug-likeness (QED) is 0.472. The molecule has 0 aliphatic carbocycles. The summed E-state index contributed by atoms with van der Waals surface area (Å²) in [6.45, 7) is 1.66. The van der Waals surface area contributed by atoms with Gasteiger partial charge < -0.3 is 16.6 Å². The fourth-order valence-electron chi connectivity index (χ4n) is 1.12. The lowest BCUT2D eigenvalue weighted by Crippen LogP contribution is -2.22. The Bertz CT molecular complexity index is 395. The number of carboxylic acid groups (broad SMARTS) is 1. The molecule has 0 saturated carbocycles. The van der Waals surface area contributed by atoms with Crippen molar-refractivity contribution in [1.82, 2.24) is 0 Å². The second-order valence-corrected chi connectivity index (χ2v) is 2.79. The second-order valence-electron chi connectivity index (χ2n) is 2.79. The molecule has 14 heavy (non-hydrogen) atoms. The largest absolute Gasteiger partial charge is 0.478 e. The van der Waals surface area contributed by atoms with Gasteiger partial charge in [0.15, 0.2) is 5.96 Å². The van der Waals surface area contributed by atoms with E-state index in [-0.39, 0.29) is 11.5 Å². The minimum absolute atomic E-state index is 0.0874. The van der Waals surface area contributed by atoms with Gasteiger partial charge in [0.05, 0.1) is 11.3 Å². The molecule has 0 aliphatic rings. The first kappa shape index (κ1) is 10.0. The van der Waals surface area contributed by atoms with Gasteiger partial charge in [0, 0.05) is 0 Å². The SMILES string of the molecule is Cc1c(N=C(N)N)cccc1C(=O)O. The van der Waals surface area contributed by atoms with Gasteiger partial charge in [0.1, 0.15) is 0 Å². The number of aromatic carboxylic acids is 1. The highest BCUT2D eigenvalue weighted by molar-refractivity contribution is 5.91. The first-order valence-corrected chi connectivity index (χ1v) is 3.95. The fraction of sp³-hybridized carbons (Fsp3) is 0.111. The molecule has 5 heteroatoms. The van der Waals surface area contributed by atoms with Crippen LogP contribution in [0.4, 0.5) is 5.69 Å². The summed E-state index contributed by atoms with van der Waals surface area (Å²) in [6, 6.07) is 4.75. The van der Waals surface area contributed by atoms with Gasteiger partial charge in [-0.25, -0.2) is 9.79 Å². The van der Waals surface area contributed by atoms with Crippen LogP contribution in [-0.4, -0.2) is 17.0 Å². The van der Waals surface area contributed by atoms with Crippen molar-refractivity contribution in [2.45, 2.75) is 6.92 Å². The van der Waals surface area contributed by atoms with E-state index < -0.39 is 5.97 Å². The molecule has 0 atom stereocenters. The monoisotopic (exact) mass is 193 g/mol.